The number of carbonyl (C=O) groups excluding carboxylic acids is 2. The van der Waals surface area contributed by atoms with Gasteiger partial charge in [0.2, 0.25) is 11.8 Å². The zero-order chi connectivity index (χ0) is 25.2. The fourth-order valence-corrected chi connectivity index (χ4v) is 5.29. The molecule has 1 unspecified atom stereocenters. The van der Waals surface area contributed by atoms with Crippen LogP contribution in [-0.2, 0) is 22.6 Å². The Kier molecular flexibility index (Phi) is 10.2. The monoisotopic (exact) mass is 520 g/mol. The number of thiophene rings is 1. The summed E-state index contributed by atoms with van der Waals surface area (Å²) in [5.74, 6) is 0.927. The highest BCUT2D eigenvalue weighted by Crippen LogP contribution is 2.29. The fraction of sp³-hybridized carbons (Fsp3) is 0.480. The highest BCUT2D eigenvalue weighted by atomic mass is 35.5. The number of nitrogens with two attached hydrogens (primary N) is 1. The molecule has 1 atom stereocenters. The summed E-state index contributed by atoms with van der Waals surface area (Å²) < 4.78 is 11.2. The number of methoxy groups -OCH3 is 2. The predicted octanol–water partition coefficient (Wildman–Crippen LogP) is 4.05. The van der Waals surface area contributed by atoms with E-state index in [1.807, 2.05) is 6.07 Å². The molecular formula is C25H33ClN4O4S. The van der Waals surface area contributed by atoms with Crippen LogP contribution in [0.4, 0.5) is 0 Å². The second kappa shape index (κ2) is 13.3. The molecule has 1 heterocycles. The van der Waals surface area contributed by atoms with Gasteiger partial charge in [-0.2, -0.15) is 0 Å². The molecule has 2 aromatic rings. The Bertz CT molecular complexity index is 1040. The van der Waals surface area contributed by atoms with Gasteiger partial charge in [-0.1, -0.05) is 49.8 Å². The average molecular weight is 521 g/mol. The first kappa shape index (κ1) is 26.8. The lowest BCUT2D eigenvalue weighted by atomic mass is 9.85. The Hall–Kier alpha value is -2.78. The van der Waals surface area contributed by atoms with Gasteiger partial charge >= 0.3 is 0 Å². The quantitative estimate of drug-likeness (QED) is 0.323. The molecule has 1 aromatic heterocycles. The molecule has 1 fully saturated rings. The van der Waals surface area contributed by atoms with E-state index in [9.17, 15) is 9.59 Å². The topological polar surface area (TPSA) is 115 Å². The largest absolute Gasteiger partial charge is 0.493 e. The third kappa shape index (κ3) is 8.43. The first-order valence-corrected chi connectivity index (χ1v) is 12.9. The number of rotatable bonds is 10. The Morgan fingerprint density at radius 1 is 1.14 bits per heavy atom. The van der Waals surface area contributed by atoms with Crippen molar-refractivity contribution in [2.45, 2.75) is 57.5 Å². The molecule has 0 bridgehead atoms. The Morgan fingerprint density at radius 3 is 2.54 bits per heavy atom. The van der Waals surface area contributed by atoms with E-state index in [0.29, 0.717) is 34.7 Å². The summed E-state index contributed by atoms with van der Waals surface area (Å²) in [6.07, 6.45) is 6.38. The van der Waals surface area contributed by atoms with Crippen molar-refractivity contribution in [1.82, 2.24) is 10.6 Å². The minimum Gasteiger partial charge on any atom is -0.493 e. The molecule has 190 valence electrons. The molecule has 10 heteroatoms. The fourth-order valence-electron chi connectivity index (χ4n) is 4.26. The van der Waals surface area contributed by atoms with Gasteiger partial charge in [0.15, 0.2) is 17.5 Å². The molecule has 0 spiro atoms. The third-order valence-corrected chi connectivity index (χ3v) is 7.26. The molecular weight excluding hydrogens is 488 g/mol. The number of aliphatic imine (C=N–C) groups is 1. The molecule has 35 heavy (non-hydrogen) atoms. The van der Waals surface area contributed by atoms with Crippen LogP contribution in [0.3, 0.4) is 0 Å². The molecule has 1 aromatic carbocycles. The summed E-state index contributed by atoms with van der Waals surface area (Å²) in [7, 11) is 3.09. The van der Waals surface area contributed by atoms with Crippen molar-refractivity contribution in [2.75, 3.05) is 14.2 Å². The SMILES string of the molecule is COc1ccc(CC(=O)NC(N)=NC(CC2CCCCC2)C(=O)NCc2ccc(Cl)s2)cc1OC. The molecule has 0 aliphatic heterocycles. The predicted molar refractivity (Wildman–Crippen MR) is 139 cm³/mol. The second-order valence-electron chi connectivity index (χ2n) is 8.61. The highest BCUT2D eigenvalue weighted by Gasteiger charge is 2.25. The van der Waals surface area contributed by atoms with Gasteiger partial charge in [0.1, 0.15) is 6.04 Å². The number of ether oxygens (including phenoxy) is 2. The van der Waals surface area contributed by atoms with Crippen molar-refractivity contribution < 1.29 is 19.1 Å². The van der Waals surface area contributed by atoms with E-state index in [0.717, 1.165) is 36.1 Å². The zero-order valence-electron chi connectivity index (χ0n) is 20.1. The maximum Gasteiger partial charge on any atom is 0.245 e. The van der Waals surface area contributed by atoms with Crippen LogP contribution in [-0.4, -0.2) is 38.0 Å². The van der Waals surface area contributed by atoms with Crippen molar-refractivity contribution in [3.05, 3.63) is 45.1 Å². The summed E-state index contributed by atoms with van der Waals surface area (Å²) in [5.41, 5.74) is 6.80. The summed E-state index contributed by atoms with van der Waals surface area (Å²) in [5, 5.41) is 5.55. The van der Waals surface area contributed by atoms with Crippen molar-refractivity contribution in [2.24, 2.45) is 16.6 Å². The minimum atomic E-state index is -0.671. The van der Waals surface area contributed by atoms with E-state index >= 15 is 0 Å². The molecule has 1 aliphatic rings. The molecule has 0 saturated heterocycles. The Balaban J connectivity index is 1.64. The number of nitrogens with zero attached hydrogens (tertiary/aromatic N) is 1. The maximum absolute atomic E-state index is 13.0. The number of nitrogens with one attached hydrogen (secondary N) is 2. The molecule has 1 aliphatic carbocycles. The Labute approximate surface area is 215 Å². The Morgan fingerprint density at radius 2 is 1.89 bits per heavy atom. The van der Waals surface area contributed by atoms with Crippen molar-refractivity contribution in [1.29, 1.82) is 0 Å². The van der Waals surface area contributed by atoms with Gasteiger partial charge < -0.3 is 20.5 Å². The standard InChI is InChI=1S/C25H33ClN4O4S/c1-33-20-10-8-17(13-21(20)34-2)14-23(31)30-25(27)29-19(12-16-6-4-3-5-7-16)24(32)28-15-18-9-11-22(26)35-18/h8-11,13,16,19H,3-7,12,14-15H2,1-2H3,(H,28,32)(H3,27,29,30,31). The van der Waals surface area contributed by atoms with Crippen LogP contribution in [0.15, 0.2) is 35.3 Å². The molecule has 1 saturated carbocycles. The van der Waals surface area contributed by atoms with Gasteiger partial charge in [-0.05, 0) is 42.2 Å². The number of hydrogen-bond donors (Lipinski definition) is 3. The summed E-state index contributed by atoms with van der Waals surface area (Å²) in [6.45, 7) is 0.373. The lowest BCUT2D eigenvalue weighted by Gasteiger charge is -2.24. The molecule has 2 amide bonds. The maximum atomic E-state index is 13.0. The van der Waals surface area contributed by atoms with Gasteiger partial charge in [-0.25, -0.2) is 4.99 Å². The number of carbonyl (C=O) groups is 2. The normalized spacial score (nSPS) is 15.3. The van der Waals surface area contributed by atoms with Gasteiger partial charge in [0, 0.05) is 4.88 Å². The van der Waals surface area contributed by atoms with Crippen LogP contribution in [0.25, 0.3) is 0 Å². The molecule has 0 radical (unpaired) electrons. The smallest absolute Gasteiger partial charge is 0.245 e. The number of benzene rings is 1. The van der Waals surface area contributed by atoms with Gasteiger partial charge in [0.25, 0.3) is 0 Å². The van der Waals surface area contributed by atoms with Crippen molar-refractivity contribution in [3.63, 3.8) is 0 Å². The van der Waals surface area contributed by atoms with E-state index in [1.165, 1.54) is 24.9 Å². The number of hydrogen-bond acceptors (Lipinski definition) is 6. The molecule has 3 rings (SSSR count). The average Bonchev–Trinajstić information content (AvgIpc) is 3.27. The van der Waals surface area contributed by atoms with E-state index in [-0.39, 0.29) is 24.2 Å². The van der Waals surface area contributed by atoms with Gasteiger partial charge in [-0.3, -0.25) is 14.9 Å². The van der Waals surface area contributed by atoms with Crippen LogP contribution in [0, 0.1) is 5.92 Å². The van der Waals surface area contributed by atoms with E-state index < -0.39 is 6.04 Å². The van der Waals surface area contributed by atoms with E-state index in [1.54, 1.807) is 31.4 Å². The van der Waals surface area contributed by atoms with E-state index in [2.05, 4.69) is 15.6 Å². The third-order valence-electron chi connectivity index (χ3n) is 6.02. The van der Waals surface area contributed by atoms with Crippen LogP contribution in [0.5, 0.6) is 11.5 Å². The van der Waals surface area contributed by atoms with Crippen LogP contribution < -0.4 is 25.8 Å². The van der Waals surface area contributed by atoms with Gasteiger partial charge in [-0.15, -0.1) is 11.3 Å². The first-order chi connectivity index (χ1) is 16.9. The lowest BCUT2D eigenvalue weighted by molar-refractivity contribution is -0.123. The highest BCUT2D eigenvalue weighted by molar-refractivity contribution is 7.16. The van der Waals surface area contributed by atoms with Crippen LogP contribution in [0.1, 0.15) is 49.0 Å². The zero-order valence-corrected chi connectivity index (χ0v) is 21.7. The number of guanidine groups is 1. The number of halogens is 1. The molecule has 8 nitrogen and oxygen atoms in total. The number of amides is 2. The second-order valence-corrected chi connectivity index (χ2v) is 10.4. The van der Waals surface area contributed by atoms with Crippen molar-refractivity contribution >= 4 is 40.7 Å². The summed E-state index contributed by atoms with van der Waals surface area (Å²) >= 11 is 7.41. The van der Waals surface area contributed by atoms with Crippen LogP contribution in [0.2, 0.25) is 4.34 Å². The minimum absolute atomic E-state index is 0.0643. The summed E-state index contributed by atoms with van der Waals surface area (Å²) in [6, 6.07) is 8.28. The lowest BCUT2D eigenvalue weighted by Crippen LogP contribution is -2.42. The van der Waals surface area contributed by atoms with Crippen LogP contribution >= 0.6 is 22.9 Å². The molecule has 4 N–H and O–H groups in total. The van der Waals surface area contributed by atoms with Crippen molar-refractivity contribution in [3.8, 4) is 11.5 Å². The summed E-state index contributed by atoms with van der Waals surface area (Å²) in [4.78, 5) is 30.9. The first-order valence-electron chi connectivity index (χ1n) is 11.7. The van der Waals surface area contributed by atoms with E-state index in [4.69, 9.17) is 26.8 Å². The van der Waals surface area contributed by atoms with Gasteiger partial charge in [0.05, 0.1) is 31.5 Å².